The van der Waals surface area contributed by atoms with Gasteiger partial charge in [0.05, 0.1) is 5.58 Å². The molecule has 0 fully saturated rings. The number of rotatable bonds is 5. The van der Waals surface area contributed by atoms with Crippen LogP contribution in [0.3, 0.4) is 0 Å². The summed E-state index contributed by atoms with van der Waals surface area (Å²) >= 11 is 0. The summed E-state index contributed by atoms with van der Waals surface area (Å²) in [7, 11) is 0. The number of aromatic nitrogens is 2. The van der Waals surface area contributed by atoms with Gasteiger partial charge in [-0.05, 0) is 41.9 Å². The quantitative estimate of drug-likeness (QED) is 0.166. The van der Waals surface area contributed by atoms with Gasteiger partial charge in [-0.3, -0.25) is 0 Å². The van der Waals surface area contributed by atoms with E-state index >= 15 is 0 Å². The van der Waals surface area contributed by atoms with Crippen molar-refractivity contribution >= 4 is 21.9 Å². The molecule has 7 rings (SSSR count). The molecule has 3 aromatic heterocycles. The Labute approximate surface area is 260 Å². The van der Waals surface area contributed by atoms with E-state index in [1.54, 1.807) is 6.20 Å². The molecular formula is C38H30IrN2O-2. The van der Waals surface area contributed by atoms with Crippen molar-refractivity contribution in [3.8, 4) is 22.5 Å². The minimum atomic E-state index is 0. The van der Waals surface area contributed by atoms with Crippen LogP contribution in [-0.4, -0.2) is 9.97 Å². The molecular weight excluding hydrogens is 693 g/mol. The monoisotopic (exact) mass is 723 g/mol. The molecule has 0 spiro atoms. The van der Waals surface area contributed by atoms with Gasteiger partial charge >= 0.3 is 0 Å². The summed E-state index contributed by atoms with van der Waals surface area (Å²) in [6, 6.07) is 45.6. The van der Waals surface area contributed by atoms with Crippen molar-refractivity contribution in [2.75, 3.05) is 0 Å². The second-order valence-corrected chi connectivity index (χ2v) is 10.3. The zero-order valence-corrected chi connectivity index (χ0v) is 25.9. The average Bonchev–Trinajstić information content (AvgIpc) is 3.41. The molecule has 0 aliphatic heterocycles. The zero-order valence-electron chi connectivity index (χ0n) is 23.5. The van der Waals surface area contributed by atoms with Crippen molar-refractivity contribution in [3.63, 3.8) is 0 Å². The van der Waals surface area contributed by atoms with Gasteiger partial charge in [0.25, 0.3) is 0 Å². The Morgan fingerprint density at radius 2 is 1.38 bits per heavy atom. The van der Waals surface area contributed by atoms with Gasteiger partial charge in [0.15, 0.2) is 0 Å². The predicted octanol–water partition coefficient (Wildman–Crippen LogP) is 9.71. The van der Waals surface area contributed by atoms with Crippen LogP contribution in [0.1, 0.15) is 36.5 Å². The predicted molar refractivity (Wildman–Crippen MR) is 168 cm³/mol. The Bertz CT molecular complexity index is 1880. The molecule has 0 aliphatic rings. The zero-order chi connectivity index (χ0) is 28.0. The van der Waals surface area contributed by atoms with E-state index in [-0.39, 0.29) is 20.1 Å². The second-order valence-electron chi connectivity index (χ2n) is 10.3. The van der Waals surface area contributed by atoms with E-state index in [2.05, 4.69) is 103 Å². The molecule has 0 N–H and O–H groups in total. The Morgan fingerprint density at radius 3 is 2.14 bits per heavy atom. The summed E-state index contributed by atoms with van der Waals surface area (Å²) in [4.78, 5) is 8.83. The molecule has 42 heavy (non-hydrogen) atoms. The van der Waals surface area contributed by atoms with E-state index < -0.39 is 0 Å². The van der Waals surface area contributed by atoms with Crippen LogP contribution in [0.25, 0.3) is 44.5 Å². The second kappa shape index (κ2) is 13.5. The topological polar surface area (TPSA) is 38.9 Å². The molecule has 209 valence electrons. The number of hydrogen-bond acceptors (Lipinski definition) is 3. The number of fused-ring (bicyclic) bond motifs is 3. The Hall–Kier alpha value is -4.37. The minimum absolute atomic E-state index is 0. The number of nitrogens with zero attached hydrogens (tertiary/aromatic N) is 2. The third kappa shape index (κ3) is 6.74. The van der Waals surface area contributed by atoms with Crippen LogP contribution in [0, 0.1) is 12.1 Å². The third-order valence-electron chi connectivity index (χ3n) is 7.11. The molecule has 4 heteroatoms. The van der Waals surface area contributed by atoms with E-state index in [1.807, 2.05) is 54.7 Å². The fourth-order valence-electron chi connectivity index (χ4n) is 4.85. The minimum Gasteiger partial charge on any atom is -0.500 e. The van der Waals surface area contributed by atoms with Crippen molar-refractivity contribution in [2.24, 2.45) is 0 Å². The van der Waals surface area contributed by atoms with E-state index in [9.17, 15) is 0 Å². The Kier molecular flexibility index (Phi) is 9.38. The summed E-state index contributed by atoms with van der Waals surface area (Å²) in [5.41, 5.74) is 9.62. The fourth-order valence-corrected chi connectivity index (χ4v) is 4.85. The van der Waals surface area contributed by atoms with Crippen LogP contribution < -0.4 is 0 Å². The molecule has 0 amide bonds. The molecule has 0 unspecified atom stereocenters. The molecule has 0 atom stereocenters. The van der Waals surface area contributed by atoms with Gasteiger partial charge in [0.1, 0.15) is 5.58 Å². The van der Waals surface area contributed by atoms with Gasteiger partial charge in [-0.25, -0.2) is 0 Å². The molecule has 3 heterocycles. The number of benzene rings is 4. The summed E-state index contributed by atoms with van der Waals surface area (Å²) in [5.74, 6) is 0.486. The first kappa shape index (κ1) is 29.1. The van der Waals surface area contributed by atoms with Crippen molar-refractivity contribution in [1.82, 2.24) is 9.97 Å². The Morgan fingerprint density at radius 1 is 0.619 bits per heavy atom. The molecule has 0 saturated carbocycles. The van der Waals surface area contributed by atoms with Gasteiger partial charge in [-0.1, -0.05) is 97.1 Å². The average molecular weight is 723 g/mol. The number of furan rings is 1. The molecule has 0 bridgehead atoms. The molecule has 4 aromatic carbocycles. The summed E-state index contributed by atoms with van der Waals surface area (Å²) in [6.07, 6.45) is 4.62. The van der Waals surface area contributed by atoms with Gasteiger partial charge in [0, 0.05) is 37.9 Å². The van der Waals surface area contributed by atoms with Gasteiger partial charge < -0.3 is 14.4 Å². The normalized spacial score (nSPS) is 10.7. The fraction of sp³-hybridized carbons (Fsp3) is 0.105. The summed E-state index contributed by atoms with van der Waals surface area (Å²) in [6.45, 7) is 4.38. The standard InChI is InChI=1S/C20H16NO.C18H14N.Ir/c1-13(2)14-9-10-21-18(12-14)15-7-8-20-17(11-15)16-5-3-4-6-19(16)22-20;1-2-6-15(7-3-1)14-16-9-11-17(12-10-16)18-8-4-5-13-19-18;/h3-6,8-13H,1-2H3;1-11,13H,14H2;/q2*-1;. The maximum Gasteiger partial charge on any atom is 0.120 e. The number of para-hydroxylation sites is 1. The first-order chi connectivity index (χ1) is 20.1. The number of pyridine rings is 2. The first-order valence-electron chi connectivity index (χ1n) is 13.9. The van der Waals surface area contributed by atoms with E-state index in [4.69, 9.17) is 4.42 Å². The van der Waals surface area contributed by atoms with E-state index in [1.165, 1.54) is 16.7 Å². The maximum atomic E-state index is 5.85. The third-order valence-corrected chi connectivity index (χ3v) is 7.11. The molecule has 7 aromatic rings. The van der Waals surface area contributed by atoms with Crippen LogP contribution in [-0.2, 0) is 26.5 Å². The van der Waals surface area contributed by atoms with Crippen molar-refractivity contribution in [1.29, 1.82) is 0 Å². The largest absolute Gasteiger partial charge is 0.500 e. The van der Waals surface area contributed by atoms with Crippen LogP contribution in [0.15, 0.2) is 132 Å². The van der Waals surface area contributed by atoms with E-state index in [0.29, 0.717) is 5.92 Å². The smallest absolute Gasteiger partial charge is 0.120 e. The number of hydrogen-bond donors (Lipinski definition) is 0. The molecule has 3 nitrogen and oxygen atoms in total. The van der Waals surface area contributed by atoms with Gasteiger partial charge in [-0.15, -0.1) is 59.2 Å². The first-order valence-corrected chi connectivity index (χ1v) is 13.9. The van der Waals surface area contributed by atoms with Crippen LogP contribution in [0.5, 0.6) is 0 Å². The van der Waals surface area contributed by atoms with Crippen molar-refractivity contribution in [3.05, 3.63) is 156 Å². The Balaban J connectivity index is 0.000000166. The van der Waals surface area contributed by atoms with Crippen LogP contribution in [0.4, 0.5) is 0 Å². The van der Waals surface area contributed by atoms with Gasteiger partial charge in [0.2, 0.25) is 0 Å². The van der Waals surface area contributed by atoms with Gasteiger partial charge in [-0.2, -0.15) is 0 Å². The summed E-state index contributed by atoms with van der Waals surface area (Å²) in [5, 5.41) is 2.24. The molecule has 0 aliphatic carbocycles. The van der Waals surface area contributed by atoms with Crippen LogP contribution in [0.2, 0.25) is 0 Å². The molecule has 1 radical (unpaired) electrons. The summed E-state index contributed by atoms with van der Waals surface area (Å²) < 4.78 is 5.85. The van der Waals surface area contributed by atoms with Crippen molar-refractivity contribution < 1.29 is 24.5 Å². The SMILES string of the molecule is CC(C)c1ccnc(-c2[c-]cc3oc4ccccc4c3c2)c1.[Ir].[c-]1cc(Cc2ccccc2)ccc1-c1ccccn1. The van der Waals surface area contributed by atoms with E-state index in [0.717, 1.165) is 50.9 Å². The molecule has 0 saturated heterocycles. The van der Waals surface area contributed by atoms with Crippen molar-refractivity contribution in [2.45, 2.75) is 26.2 Å². The maximum absolute atomic E-state index is 5.85. The van der Waals surface area contributed by atoms with Crippen LogP contribution >= 0.6 is 0 Å².